The molecule has 0 bridgehead atoms. The smallest absolute Gasteiger partial charge is 0.261 e. The van der Waals surface area contributed by atoms with Gasteiger partial charge in [0.1, 0.15) is 0 Å². The number of thiophene rings is 1. The number of benzene rings is 1. The van der Waals surface area contributed by atoms with Crippen molar-refractivity contribution in [2.45, 2.75) is 19.8 Å². The Kier molecular flexibility index (Phi) is 4.83. The molecule has 0 saturated carbocycles. The van der Waals surface area contributed by atoms with Gasteiger partial charge in [0.2, 0.25) is 5.82 Å². The van der Waals surface area contributed by atoms with Crippen molar-refractivity contribution in [2.24, 2.45) is 0 Å². The van der Waals surface area contributed by atoms with Gasteiger partial charge in [-0.25, -0.2) is 0 Å². The van der Waals surface area contributed by atoms with Crippen molar-refractivity contribution in [3.63, 3.8) is 0 Å². The molecule has 2 aromatic heterocycles. The molecule has 3 rings (SSSR count). The lowest BCUT2D eigenvalue weighted by Crippen LogP contribution is -2.23. The first-order valence-corrected chi connectivity index (χ1v) is 8.37. The molecule has 0 radical (unpaired) electrons. The van der Waals surface area contributed by atoms with Gasteiger partial charge in [0.25, 0.3) is 11.8 Å². The van der Waals surface area contributed by atoms with E-state index in [-0.39, 0.29) is 5.91 Å². The Bertz CT molecular complexity index is 780. The molecular weight excluding hydrogens is 310 g/mol. The highest BCUT2D eigenvalue weighted by Gasteiger charge is 2.15. The molecule has 3 aromatic rings. The zero-order valence-electron chi connectivity index (χ0n) is 12.8. The maximum Gasteiger partial charge on any atom is 0.261 e. The summed E-state index contributed by atoms with van der Waals surface area (Å²) in [7, 11) is 0. The number of nitrogens with zero attached hydrogens (tertiary/aromatic N) is 2. The fourth-order valence-corrected chi connectivity index (χ4v) is 2.92. The van der Waals surface area contributed by atoms with Gasteiger partial charge in [-0.1, -0.05) is 36.7 Å². The second-order valence-electron chi connectivity index (χ2n) is 5.06. The third kappa shape index (κ3) is 3.65. The largest absolute Gasteiger partial charge is 0.351 e. The Labute approximate surface area is 138 Å². The number of unbranched alkanes of at least 4 members (excludes halogenated alkanes) is 1. The van der Waals surface area contributed by atoms with E-state index >= 15 is 0 Å². The van der Waals surface area contributed by atoms with Crippen LogP contribution in [0.1, 0.15) is 29.4 Å². The lowest BCUT2D eigenvalue weighted by molar-refractivity contribution is 0.0957. The van der Waals surface area contributed by atoms with Crippen LogP contribution in [0.25, 0.3) is 22.2 Å². The van der Waals surface area contributed by atoms with Gasteiger partial charge < -0.3 is 9.84 Å². The van der Waals surface area contributed by atoms with Crippen LogP contribution in [0.4, 0.5) is 0 Å². The summed E-state index contributed by atoms with van der Waals surface area (Å²) in [5, 5.41) is 6.91. The summed E-state index contributed by atoms with van der Waals surface area (Å²) in [6.07, 6.45) is 2.04. The number of amides is 1. The maximum absolute atomic E-state index is 12.0. The summed E-state index contributed by atoms with van der Waals surface area (Å²) >= 11 is 1.36. The molecule has 1 aromatic carbocycles. The Balaban J connectivity index is 1.73. The molecule has 0 spiro atoms. The third-order valence-corrected chi connectivity index (χ3v) is 4.39. The van der Waals surface area contributed by atoms with Crippen molar-refractivity contribution < 1.29 is 9.32 Å². The van der Waals surface area contributed by atoms with Gasteiger partial charge in [-0.15, -0.1) is 11.3 Å². The number of aromatic nitrogens is 2. The number of carbonyl (C=O) groups is 1. The number of hydrogen-bond acceptors (Lipinski definition) is 5. The number of hydrogen-bond donors (Lipinski definition) is 1. The van der Waals surface area contributed by atoms with Crippen LogP contribution in [0.2, 0.25) is 0 Å². The van der Waals surface area contributed by atoms with E-state index in [0.717, 1.165) is 23.3 Å². The Morgan fingerprint density at radius 1 is 1.22 bits per heavy atom. The normalized spacial score (nSPS) is 10.7. The van der Waals surface area contributed by atoms with E-state index in [4.69, 9.17) is 4.52 Å². The lowest BCUT2D eigenvalue weighted by Gasteiger charge is -2.00. The Morgan fingerprint density at radius 3 is 2.83 bits per heavy atom. The van der Waals surface area contributed by atoms with Gasteiger partial charge >= 0.3 is 0 Å². The molecule has 0 saturated heterocycles. The van der Waals surface area contributed by atoms with Gasteiger partial charge in [0.05, 0.1) is 9.75 Å². The van der Waals surface area contributed by atoms with Crippen molar-refractivity contribution in [3.05, 3.63) is 47.3 Å². The summed E-state index contributed by atoms with van der Waals surface area (Å²) in [5.41, 5.74) is 0.875. The van der Waals surface area contributed by atoms with E-state index in [2.05, 4.69) is 22.4 Å². The Morgan fingerprint density at radius 2 is 2.04 bits per heavy atom. The minimum absolute atomic E-state index is 0.0542. The molecule has 5 nitrogen and oxygen atoms in total. The molecule has 1 amide bonds. The van der Waals surface area contributed by atoms with Crippen molar-refractivity contribution in [1.29, 1.82) is 0 Å². The molecule has 0 aliphatic rings. The van der Waals surface area contributed by atoms with Gasteiger partial charge in [-0.3, -0.25) is 4.79 Å². The van der Waals surface area contributed by atoms with Crippen LogP contribution >= 0.6 is 11.3 Å². The zero-order valence-corrected chi connectivity index (χ0v) is 13.6. The molecule has 0 unspecified atom stereocenters. The van der Waals surface area contributed by atoms with Crippen LogP contribution in [0.15, 0.2) is 47.0 Å². The monoisotopic (exact) mass is 327 g/mol. The first-order chi connectivity index (χ1) is 11.3. The van der Waals surface area contributed by atoms with E-state index in [1.165, 1.54) is 11.3 Å². The van der Waals surface area contributed by atoms with Crippen LogP contribution in [-0.2, 0) is 0 Å². The summed E-state index contributed by atoms with van der Waals surface area (Å²) < 4.78 is 5.30. The lowest BCUT2D eigenvalue weighted by atomic mass is 10.2. The highest BCUT2D eigenvalue weighted by atomic mass is 32.1. The molecule has 23 heavy (non-hydrogen) atoms. The number of rotatable bonds is 6. The molecule has 1 N–H and O–H groups in total. The summed E-state index contributed by atoms with van der Waals surface area (Å²) in [6, 6.07) is 13.2. The van der Waals surface area contributed by atoms with Gasteiger partial charge in [-0.2, -0.15) is 4.98 Å². The van der Waals surface area contributed by atoms with Crippen molar-refractivity contribution in [3.8, 4) is 22.2 Å². The van der Waals surface area contributed by atoms with Crippen molar-refractivity contribution in [2.75, 3.05) is 6.54 Å². The van der Waals surface area contributed by atoms with E-state index in [0.29, 0.717) is 23.1 Å². The van der Waals surface area contributed by atoms with Crippen LogP contribution in [0.3, 0.4) is 0 Å². The molecule has 6 heteroatoms. The molecule has 0 aliphatic carbocycles. The topological polar surface area (TPSA) is 68.0 Å². The summed E-state index contributed by atoms with van der Waals surface area (Å²) in [5.74, 6) is 0.922. The van der Waals surface area contributed by atoms with Crippen molar-refractivity contribution in [1.82, 2.24) is 15.5 Å². The maximum atomic E-state index is 12.0. The average Bonchev–Trinajstić information content (AvgIpc) is 3.25. The van der Waals surface area contributed by atoms with Gasteiger partial charge in [-0.05, 0) is 30.7 Å². The van der Waals surface area contributed by atoms with Crippen LogP contribution in [0.5, 0.6) is 0 Å². The van der Waals surface area contributed by atoms with Gasteiger partial charge in [0.15, 0.2) is 0 Å². The molecule has 0 aliphatic heterocycles. The second kappa shape index (κ2) is 7.19. The predicted molar refractivity (Wildman–Crippen MR) is 90.3 cm³/mol. The quantitative estimate of drug-likeness (QED) is 0.695. The summed E-state index contributed by atoms with van der Waals surface area (Å²) in [4.78, 5) is 17.9. The number of carbonyl (C=O) groups excluding carboxylic acids is 1. The molecule has 2 heterocycles. The predicted octanol–water partition coefficient (Wildman–Crippen LogP) is 4.00. The molecule has 0 fully saturated rings. The highest BCUT2D eigenvalue weighted by Crippen LogP contribution is 2.28. The van der Waals surface area contributed by atoms with E-state index in [1.54, 1.807) is 6.07 Å². The van der Waals surface area contributed by atoms with Gasteiger partial charge in [0, 0.05) is 12.1 Å². The molecular formula is C17H17N3O2S. The summed E-state index contributed by atoms with van der Waals surface area (Å²) in [6.45, 7) is 2.79. The number of nitrogens with one attached hydrogen (secondary N) is 1. The third-order valence-electron chi connectivity index (χ3n) is 3.31. The first-order valence-electron chi connectivity index (χ1n) is 7.55. The van der Waals surface area contributed by atoms with E-state index < -0.39 is 0 Å². The van der Waals surface area contributed by atoms with Crippen molar-refractivity contribution >= 4 is 17.2 Å². The standard InChI is InChI=1S/C17H17N3O2S/c1-2-3-11-18-16(21)14-10-9-13(23-14)15-19-17(22-20-15)12-7-5-4-6-8-12/h4-10H,2-3,11H2,1H3,(H,18,21). The minimum Gasteiger partial charge on any atom is -0.351 e. The molecule has 0 atom stereocenters. The Hall–Kier alpha value is -2.47. The van der Waals surface area contributed by atoms with E-state index in [9.17, 15) is 4.79 Å². The minimum atomic E-state index is -0.0542. The SMILES string of the molecule is CCCCNC(=O)c1ccc(-c2noc(-c3ccccc3)n2)s1. The van der Waals surface area contributed by atoms with Crippen LogP contribution in [0, 0.1) is 0 Å². The van der Waals surface area contributed by atoms with E-state index in [1.807, 2.05) is 36.4 Å². The second-order valence-corrected chi connectivity index (χ2v) is 6.15. The van der Waals surface area contributed by atoms with Crippen LogP contribution in [-0.4, -0.2) is 22.6 Å². The highest BCUT2D eigenvalue weighted by molar-refractivity contribution is 7.17. The molecule has 118 valence electrons. The zero-order chi connectivity index (χ0) is 16.1. The first kappa shape index (κ1) is 15.4. The fourth-order valence-electron chi connectivity index (χ4n) is 2.07. The average molecular weight is 327 g/mol. The van der Waals surface area contributed by atoms with Crippen LogP contribution < -0.4 is 5.32 Å². The fraction of sp³-hybridized carbons (Fsp3) is 0.235.